The molecule has 6 rings (SSSR count). The van der Waals surface area contributed by atoms with Gasteiger partial charge in [-0.3, -0.25) is 9.74 Å². The van der Waals surface area contributed by atoms with Gasteiger partial charge in [-0.1, -0.05) is 77.4 Å². The first-order valence-electron chi connectivity index (χ1n) is 14.9. The molecule has 4 aromatic carbocycles. The van der Waals surface area contributed by atoms with Crippen LogP contribution in [0.4, 0.5) is 5.69 Å². The van der Waals surface area contributed by atoms with Crippen molar-refractivity contribution in [1.82, 2.24) is 25.3 Å². The molecule has 0 bridgehead atoms. The van der Waals surface area contributed by atoms with Crippen molar-refractivity contribution in [2.75, 3.05) is 18.0 Å². The molecule has 224 valence electrons. The zero-order valence-corrected chi connectivity index (χ0v) is 25.2. The topological polar surface area (TPSA) is 96.6 Å². The number of rotatable bonds is 8. The van der Waals surface area contributed by atoms with Gasteiger partial charge in [0.15, 0.2) is 0 Å². The van der Waals surface area contributed by atoms with E-state index in [0.29, 0.717) is 23.9 Å². The lowest BCUT2D eigenvalue weighted by molar-refractivity contribution is 0.0296. The molecule has 0 spiro atoms. The highest BCUT2D eigenvalue weighted by Crippen LogP contribution is 2.31. The number of carbonyl (C=O) groups excluding carboxylic acids is 1. The Morgan fingerprint density at radius 2 is 1.64 bits per heavy atom. The number of aryl methyl sites for hydroxylation is 1. The number of phenolic OH excluding ortho intramolecular Hbond substituents is 1. The molecule has 0 aliphatic carbocycles. The van der Waals surface area contributed by atoms with Gasteiger partial charge >= 0.3 is 5.97 Å². The molecular weight excluding hydrogens is 552 g/mol. The Hall–Kier alpha value is -5.02. The highest BCUT2D eigenvalue weighted by atomic mass is 16.7. The lowest BCUT2D eigenvalue weighted by atomic mass is 9.98. The van der Waals surface area contributed by atoms with Gasteiger partial charge in [0, 0.05) is 54.0 Å². The van der Waals surface area contributed by atoms with Gasteiger partial charge in [-0.25, -0.2) is 4.79 Å². The average molecular weight is 589 g/mol. The zero-order valence-electron chi connectivity index (χ0n) is 25.2. The predicted octanol–water partition coefficient (Wildman–Crippen LogP) is 5.31. The van der Waals surface area contributed by atoms with Crippen LogP contribution in [0.15, 0.2) is 97.1 Å². The molecule has 9 nitrogen and oxygen atoms in total. The van der Waals surface area contributed by atoms with E-state index in [4.69, 9.17) is 4.84 Å². The normalized spacial score (nSPS) is 17.0. The van der Waals surface area contributed by atoms with Crippen LogP contribution in [0.1, 0.15) is 46.5 Å². The Morgan fingerprint density at radius 3 is 2.43 bits per heavy atom. The van der Waals surface area contributed by atoms with Crippen LogP contribution in [0.5, 0.6) is 5.75 Å². The molecule has 1 aliphatic rings. The smallest absolute Gasteiger partial charge is 0.367 e. The highest BCUT2D eigenvalue weighted by Gasteiger charge is 2.29. The fourth-order valence-corrected chi connectivity index (χ4v) is 5.80. The minimum absolute atomic E-state index is 0.230. The summed E-state index contributed by atoms with van der Waals surface area (Å²) in [6.45, 7) is 9.17. The van der Waals surface area contributed by atoms with E-state index in [1.54, 1.807) is 18.2 Å². The second-order valence-electron chi connectivity index (χ2n) is 11.6. The minimum atomic E-state index is -0.570. The Balaban J connectivity index is 1.17. The van der Waals surface area contributed by atoms with E-state index < -0.39 is 5.97 Å². The maximum atomic E-state index is 12.5. The number of carbonyl (C=O) groups is 1. The molecule has 1 N–H and O–H groups in total. The van der Waals surface area contributed by atoms with E-state index in [1.165, 1.54) is 5.56 Å². The summed E-state index contributed by atoms with van der Waals surface area (Å²) in [4.78, 5) is 23.6. The number of aromatic hydroxyl groups is 1. The maximum absolute atomic E-state index is 12.5. The van der Waals surface area contributed by atoms with Gasteiger partial charge in [-0.05, 0) is 73.4 Å². The van der Waals surface area contributed by atoms with Crippen LogP contribution in [-0.2, 0) is 13.0 Å². The third kappa shape index (κ3) is 6.63. The molecule has 5 aromatic rings. The summed E-state index contributed by atoms with van der Waals surface area (Å²) in [7, 11) is 0. The SMILES string of the molecule is Cc1ccc(C(=O)On2nnc(-c3ccccc3Cc3cc(O)cc(N4C[C@@H](C)N(Cc5ccccc5)C[C@@H]4C)c3)n2)cc1. The molecule has 1 fully saturated rings. The third-order valence-corrected chi connectivity index (χ3v) is 8.14. The summed E-state index contributed by atoms with van der Waals surface area (Å²) in [6, 6.07) is 31.9. The molecule has 2 atom stereocenters. The Labute approximate surface area is 257 Å². The summed E-state index contributed by atoms with van der Waals surface area (Å²) < 4.78 is 0. The Kier molecular flexibility index (Phi) is 8.38. The molecule has 1 aliphatic heterocycles. The van der Waals surface area contributed by atoms with Crippen LogP contribution in [0.2, 0.25) is 0 Å². The number of hydrogen-bond acceptors (Lipinski definition) is 8. The monoisotopic (exact) mass is 588 g/mol. The van der Waals surface area contributed by atoms with Crippen molar-refractivity contribution in [3.8, 4) is 17.1 Å². The van der Waals surface area contributed by atoms with Crippen molar-refractivity contribution in [2.24, 2.45) is 0 Å². The predicted molar refractivity (Wildman–Crippen MR) is 169 cm³/mol. The van der Waals surface area contributed by atoms with E-state index in [1.807, 2.05) is 49.4 Å². The Bertz CT molecular complexity index is 1740. The first kappa shape index (κ1) is 29.1. The first-order chi connectivity index (χ1) is 21.3. The van der Waals surface area contributed by atoms with E-state index in [2.05, 4.69) is 75.5 Å². The number of hydrogen-bond donors (Lipinski definition) is 1. The van der Waals surface area contributed by atoms with Gasteiger partial charge in [-0.2, -0.15) is 0 Å². The average Bonchev–Trinajstić information content (AvgIpc) is 3.48. The summed E-state index contributed by atoms with van der Waals surface area (Å²) in [5, 5.41) is 23.2. The van der Waals surface area contributed by atoms with Crippen molar-refractivity contribution < 1.29 is 14.7 Å². The molecule has 1 saturated heterocycles. The molecule has 0 saturated carbocycles. The van der Waals surface area contributed by atoms with Gasteiger partial charge in [-0.15, -0.1) is 5.10 Å². The lowest BCUT2D eigenvalue weighted by Crippen LogP contribution is -2.56. The van der Waals surface area contributed by atoms with Crippen LogP contribution in [0.25, 0.3) is 11.4 Å². The Morgan fingerprint density at radius 1 is 0.886 bits per heavy atom. The largest absolute Gasteiger partial charge is 0.508 e. The molecule has 2 heterocycles. The summed E-state index contributed by atoms with van der Waals surface area (Å²) in [5.74, 6) is 0.00211. The second-order valence-corrected chi connectivity index (χ2v) is 11.6. The van der Waals surface area contributed by atoms with Crippen molar-refractivity contribution >= 4 is 11.7 Å². The molecule has 0 amide bonds. The van der Waals surface area contributed by atoms with Gasteiger partial charge in [0.2, 0.25) is 5.82 Å². The van der Waals surface area contributed by atoms with Crippen LogP contribution in [0.3, 0.4) is 0 Å². The maximum Gasteiger partial charge on any atom is 0.367 e. The fourth-order valence-electron chi connectivity index (χ4n) is 5.80. The van der Waals surface area contributed by atoms with E-state index in [9.17, 15) is 9.90 Å². The lowest BCUT2D eigenvalue weighted by Gasteiger charge is -2.45. The number of piperazine rings is 1. The third-order valence-electron chi connectivity index (χ3n) is 8.14. The summed E-state index contributed by atoms with van der Waals surface area (Å²) in [6.07, 6.45) is 0.549. The number of aromatic nitrogens is 4. The first-order valence-corrected chi connectivity index (χ1v) is 14.9. The zero-order chi connectivity index (χ0) is 30.6. The van der Waals surface area contributed by atoms with Crippen molar-refractivity contribution in [1.29, 1.82) is 0 Å². The van der Waals surface area contributed by atoms with E-state index >= 15 is 0 Å². The van der Waals surface area contributed by atoms with Crippen LogP contribution >= 0.6 is 0 Å². The minimum Gasteiger partial charge on any atom is -0.508 e. The van der Waals surface area contributed by atoms with E-state index in [0.717, 1.165) is 52.5 Å². The number of anilines is 1. The van der Waals surface area contributed by atoms with Crippen molar-refractivity contribution in [3.63, 3.8) is 0 Å². The van der Waals surface area contributed by atoms with Crippen LogP contribution in [0, 0.1) is 6.92 Å². The summed E-state index contributed by atoms with van der Waals surface area (Å²) in [5.41, 5.74) is 6.46. The van der Waals surface area contributed by atoms with Gasteiger partial charge in [0.1, 0.15) is 5.75 Å². The highest BCUT2D eigenvalue weighted by molar-refractivity contribution is 5.89. The van der Waals surface area contributed by atoms with Crippen LogP contribution in [-0.4, -0.2) is 61.5 Å². The number of phenols is 1. The molecule has 9 heteroatoms. The van der Waals surface area contributed by atoms with E-state index in [-0.39, 0.29) is 11.8 Å². The number of benzene rings is 4. The molecule has 1 aromatic heterocycles. The fraction of sp³-hybridized carbons (Fsp3) is 0.257. The number of nitrogens with zero attached hydrogens (tertiary/aromatic N) is 6. The second kappa shape index (κ2) is 12.7. The molecule has 44 heavy (non-hydrogen) atoms. The van der Waals surface area contributed by atoms with Gasteiger partial charge in [0.25, 0.3) is 0 Å². The molecule has 0 radical (unpaired) electrons. The quantitative estimate of drug-likeness (QED) is 0.244. The standard InChI is InChI=1S/C35H36N6O3/c1-24-13-15-29(16-14-24)35(43)44-41-37-34(36-38-41)33-12-8-7-11-30(33)17-28-18-31(20-32(42)19-28)40-22-25(2)39(21-26(40)3)23-27-9-5-4-6-10-27/h4-16,18-20,25-26,42H,17,21-23H2,1-3H3/t25-,26+/m1/s1. The van der Waals surface area contributed by atoms with Gasteiger partial charge in [0.05, 0.1) is 5.56 Å². The van der Waals surface area contributed by atoms with Crippen LogP contribution < -0.4 is 9.74 Å². The molecular formula is C35H36N6O3. The van der Waals surface area contributed by atoms with Crippen molar-refractivity contribution in [3.05, 3.63) is 125 Å². The summed E-state index contributed by atoms with van der Waals surface area (Å²) >= 11 is 0. The molecule has 0 unspecified atom stereocenters. The van der Waals surface area contributed by atoms with Crippen molar-refractivity contribution in [2.45, 2.75) is 45.8 Å². The van der Waals surface area contributed by atoms with Gasteiger partial charge < -0.3 is 10.0 Å². The number of tetrazole rings is 1.